The Balaban J connectivity index is 1.88. The number of nitrogens with zero attached hydrogens (tertiary/aromatic N) is 4. The van der Waals surface area contributed by atoms with Crippen LogP contribution in [0.15, 0.2) is 48.9 Å². The van der Waals surface area contributed by atoms with Gasteiger partial charge in [-0.05, 0) is 31.2 Å². The second-order valence-corrected chi connectivity index (χ2v) is 6.23. The molecule has 0 fully saturated rings. The van der Waals surface area contributed by atoms with Crippen molar-refractivity contribution in [2.45, 2.75) is 13.1 Å². The molecule has 0 amide bonds. The molecule has 0 aliphatic carbocycles. The summed E-state index contributed by atoms with van der Waals surface area (Å²) in [5, 5.41) is 10.9. The summed E-state index contributed by atoms with van der Waals surface area (Å²) in [6.07, 6.45) is -1.51. The van der Waals surface area contributed by atoms with Crippen molar-refractivity contribution < 1.29 is 18.1 Å². The van der Waals surface area contributed by atoms with E-state index in [2.05, 4.69) is 15.0 Å². The van der Waals surface area contributed by atoms with Crippen LogP contribution in [0.3, 0.4) is 0 Å². The van der Waals surface area contributed by atoms with E-state index < -0.39 is 16.7 Å². The highest BCUT2D eigenvalue weighted by molar-refractivity contribution is 5.81. The molecule has 142 valence electrons. The lowest BCUT2D eigenvalue weighted by molar-refractivity contribution is -0.384. The lowest BCUT2D eigenvalue weighted by Gasteiger charge is -2.12. The number of alkyl halides is 3. The minimum atomic E-state index is -4.55. The number of hydrogen-bond donors (Lipinski definition) is 1. The van der Waals surface area contributed by atoms with Gasteiger partial charge in [-0.1, -0.05) is 0 Å². The van der Waals surface area contributed by atoms with Crippen molar-refractivity contribution in [3.8, 4) is 17.1 Å². The molecule has 28 heavy (non-hydrogen) atoms. The number of aromatic amines is 1. The van der Waals surface area contributed by atoms with Crippen LogP contribution in [-0.2, 0) is 6.18 Å². The molecule has 2 heterocycles. The van der Waals surface area contributed by atoms with Crippen LogP contribution in [0.25, 0.3) is 28.1 Å². The quantitative estimate of drug-likeness (QED) is 0.409. The number of aromatic nitrogens is 4. The van der Waals surface area contributed by atoms with Crippen LogP contribution in [0.2, 0.25) is 0 Å². The fourth-order valence-corrected chi connectivity index (χ4v) is 2.87. The number of fused-ring (bicyclic) bond motifs is 1. The van der Waals surface area contributed by atoms with E-state index in [4.69, 9.17) is 0 Å². The number of imidazole rings is 2. The van der Waals surface area contributed by atoms with Gasteiger partial charge >= 0.3 is 6.18 Å². The zero-order valence-electron chi connectivity index (χ0n) is 14.4. The maximum absolute atomic E-state index is 13.4. The molecule has 0 spiro atoms. The number of halogens is 3. The predicted octanol–water partition coefficient (Wildman–Crippen LogP) is 4.65. The molecule has 1 N–H and O–H groups in total. The Morgan fingerprint density at radius 3 is 2.61 bits per heavy atom. The average Bonchev–Trinajstić information content (AvgIpc) is 3.26. The summed E-state index contributed by atoms with van der Waals surface area (Å²) in [4.78, 5) is 21.6. The molecule has 0 atom stereocenters. The Hall–Kier alpha value is -3.69. The van der Waals surface area contributed by atoms with Crippen molar-refractivity contribution in [3.63, 3.8) is 0 Å². The molecule has 4 aromatic rings. The smallest absolute Gasteiger partial charge is 0.338 e. The minimum Gasteiger partial charge on any atom is -0.338 e. The molecule has 0 saturated carbocycles. The average molecular weight is 387 g/mol. The summed E-state index contributed by atoms with van der Waals surface area (Å²) >= 11 is 0. The molecule has 0 bridgehead atoms. The Kier molecular flexibility index (Phi) is 3.91. The number of hydrogen-bond acceptors (Lipinski definition) is 4. The number of non-ortho nitro benzene ring substituents is 1. The van der Waals surface area contributed by atoms with Gasteiger partial charge in [0.15, 0.2) is 0 Å². The lowest BCUT2D eigenvalue weighted by atomic mass is 10.1. The number of nitro groups is 1. The molecule has 0 aliphatic rings. The summed E-state index contributed by atoms with van der Waals surface area (Å²) < 4.78 is 41.7. The molecule has 0 radical (unpaired) electrons. The largest absolute Gasteiger partial charge is 0.416 e. The topological polar surface area (TPSA) is 89.6 Å². The van der Waals surface area contributed by atoms with E-state index in [-0.39, 0.29) is 22.8 Å². The van der Waals surface area contributed by atoms with Crippen LogP contribution >= 0.6 is 0 Å². The summed E-state index contributed by atoms with van der Waals surface area (Å²) in [7, 11) is 0. The molecule has 7 nitrogen and oxygen atoms in total. The Morgan fingerprint density at radius 1 is 1.18 bits per heavy atom. The SMILES string of the molecule is Cc1cn(-c2cc(-c3nc4cc([N+](=O)[O-])ccc4[nH]3)cc(C(F)(F)F)c2)cn1. The lowest BCUT2D eigenvalue weighted by Crippen LogP contribution is -2.07. The van der Waals surface area contributed by atoms with Gasteiger partial charge in [-0.15, -0.1) is 0 Å². The van der Waals surface area contributed by atoms with E-state index >= 15 is 0 Å². The third-order valence-electron chi connectivity index (χ3n) is 4.21. The predicted molar refractivity (Wildman–Crippen MR) is 95.0 cm³/mol. The van der Waals surface area contributed by atoms with Crippen LogP contribution in [0.1, 0.15) is 11.3 Å². The first kappa shape index (κ1) is 17.7. The van der Waals surface area contributed by atoms with Crippen molar-refractivity contribution in [1.82, 2.24) is 19.5 Å². The standard InChI is InChI=1S/C18H12F3N5O2/c1-10-8-25(9-22-10)14-5-11(4-12(6-14)18(19,20)21)17-23-15-3-2-13(26(27)28)7-16(15)24-17/h2-9H,1H3,(H,23,24). The first-order chi connectivity index (χ1) is 13.2. The maximum Gasteiger partial charge on any atom is 0.416 e. The van der Waals surface area contributed by atoms with Crippen LogP contribution in [0.5, 0.6) is 0 Å². The number of rotatable bonds is 3. The summed E-state index contributed by atoms with van der Waals surface area (Å²) in [6, 6.07) is 7.59. The monoisotopic (exact) mass is 387 g/mol. The molecule has 0 unspecified atom stereocenters. The highest BCUT2D eigenvalue weighted by Gasteiger charge is 2.31. The van der Waals surface area contributed by atoms with Gasteiger partial charge in [-0.2, -0.15) is 13.2 Å². The van der Waals surface area contributed by atoms with Gasteiger partial charge in [0, 0.05) is 29.6 Å². The van der Waals surface area contributed by atoms with Gasteiger partial charge in [0.05, 0.1) is 33.5 Å². The van der Waals surface area contributed by atoms with E-state index in [9.17, 15) is 23.3 Å². The van der Waals surface area contributed by atoms with Crippen molar-refractivity contribution in [2.24, 2.45) is 0 Å². The highest BCUT2D eigenvalue weighted by atomic mass is 19.4. The van der Waals surface area contributed by atoms with Gasteiger partial charge in [0.1, 0.15) is 5.82 Å². The van der Waals surface area contributed by atoms with Gasteiger partial charge in [-0.3, -0.25) is 10.1 Å². The van der Waals surface area contributed by atoms with Crippen molar-refractivity contribution in [3.05, 3.63) is 70.3 Å². The van der Waals surface area contributed by atoms with Crippen LogP contribution in [-0.4, -0.2) is 24.4 Å². The number of H-pyrrole nitrogens is 1. The highest BCUT2D eigenvalue weighted by Crippen LogP contribution is 2.34. The molecule has 2 aromatic heterocycles. The molecule has 0 aliphatic heterocycles. The zero-order chi connectivity index (χ0) is 20.1. The summed E-state index contributed by atoms with van der Waals surface area (Å²) in [5.41, 5.74) is 0.934. The number of nitro benzene ring substituents is 1. The molecule has 2 aromatic carbocycles. The molecule has 10 heteroatoms. The van der Waals surface area contributed by atoms with E-state index in [1.165, 1.54) is 29.1 Å². The van der Waals surface area contributed by atoms with Crippen molar-refractivity contribution >= 4 is 16.7 Å². The molecular weight excluding hydrogens is 375 g/mol. The Labute approximate surface area is 155 Å². The Bertz CT molecular complexity index is 1210. The molecular formula is C18H12F3N5O2. The maximum atomic E-state index is 13.4. The molecule has 4 rings (SSSR count). The summed E-state index contributed by atoms with van der Waals surface area (Å²) in [6.45, 7) is 1.73. The van der Waals surface area contributed by atoms with E-state index in [0.29, 0.717) is 16.7 Å². The number of benzene rings is 2. The number of nitrogens with one attached hydrogen (secondary N) is 1. The second kappa shape index (κ2) is 6.19. The first-order valence-corrected chi connectivity index (χ1v) is 8.08. The Morgan fingerprint density at radius 2 is 1.96 bits per heavy atom. The van der Waals surface area contributed by atoms with Crippen LogP contribution in [0.4, 0.5) is 18.9 Å². The summed E-state index contributed by atoms with van der Waals surface area (Å²) in [5.74, 6) is 0.180. The van der Waals surface area contributed by atoms with E-state index in [0.717, 1.165) is 12.1 Å². The molecule has 0 saturated heterocycles. The van der Waals surface area contributed by atoms with E-state index in [1.54, 1.807) is 19.2 Å². The fourth-order valence-electron chi connectivity index (χ4n) is 2.87. The fraction of sp³-hybridized carbons (Fsp3) is 0.111. The zero-order valence-corrected chi connectivity index (χ0v) is 14.4. The first-order valence-electron chi connectivity index (χ1n) is 8.08. The number of aryl methyl sites for hydroxylation is 1. The van der Waals surface area contributed by atoms with Gasteiger partial charge in [0.25, 0.3) is 5.69 Å². The van der Waals surface area contributed by atoms with Crippen LogP contribution < -0.4 is 0 Å². The van der Waals surface area contributed by atoms with Crippen molar-refractivity contribution in [1.29, 1.82) is 0 Å². The van der Waals surface area contributed by atoms with Gasteiger partial charge < -0.3 is 9.55 Å². The van der Waals surface area contributed by atoms with Gasteiger partial charge in [-0.25, -0.2) is 9.97 Å². The van der Waals surface area contributed by atoms with Gasteiger partial charge in [0.2, 0.25) is 0 Å². The third-order valence-corrected chi connectivity index (χ3v) is 4.21. The second-order valence-electron chi connectivity index (χ2n) is 6.23. The third kappa shape index (κ3) is 3.20. The minimum absolute atomic E-state index is 0.149. The normalized spacial score (nSPS) is 11.9. The van der Waals surface area contributed by atoms with Crippen molar-refractivity contribution in [2.75, 3.05) is 0 Å². The van der Waals surface area contributed by atoms with E-state index in [1.807, 2.05) is 0 Å². The van der Waals surface area contributed by atoms with Crippen LogP contribution in [0, 0.1) is 17.0 Å².